The van der Waals surface area contributed by atoms with Crippen LogP contribution < -0.4 is 10.6 Å². The van der Waals surface area contributed by atoms with Gasteiger partial charge >= 0.3 is 0 Å². The van der Waals surface area contributed by atoms with E-state index >= 15 is 0 Å². The molecule has 4 heteroatoms. The Labute approximate surface area is 115 Å². The summed E-state index contributed by atoms with van der Waals surface area (Å²) < 4.78 is 0. The minimum absolute atomic E-state index is 0.00250. The lowest BCUT2D eigenvalue weighted by Gasteiger charge is -2.14. The molecule has 0 aromatic heterocycles. The van der Waals surface area contributed by atoms with E-state index in [1.54, 1.807) is 0 Å². The molecule has 1 aromatic rings. The number of carbonyl (C=O) groups excluding carboxylic acids is 1. The maximum Gasteiger partial charge on any atom is 0.234 e. The van der Waals surface area contributed by atoms with Gasteiger partial charge in [-0.3, -0.25) is 4.79 Å². The molecule has 1 atom stereocenters. The molecule has 0 spiro atoms. The summed E-state index contributed by atoms with van der Waals surface area (Å²) in [5.74, 6) is 0.439. The molecule has 0 aliphatic heterocycles. The Balaban J connectivity index is 2.14. The van der Waals surface area contributed by atoms with Crippen LogP contribution in [0.3, 0.4) is 0 Å². The second kappa shape index (κ2) is 9.53. The van der Waals surface area contributed by atoms with Gasteiger partial charge in [0, 0.05) is 13.2 Å². The zero-order valence-electron chi connectivity index (χ0n) is 11.6. The molecule has 0 saturated carbocycles. The van der Waals surface area contributed by atoms with Crippen molar-refractivity contribution in [3.63, 3.8) is 0 Å². The number of aliphatic hydroxyl groups excluding tert-OH is 1. The van der Waals surface area contributed by atoms with Gasteiger partial charge in [-0.1, -0.05) is 43.7 Å². The summed E-state index contributed by atoms with van der Waals surface area (Å²) >= 11 is 0. The highest BCUT2D eigenvalue weighted by atomic mass is 16.3. The van der Waals surface area contributed by atoms with Crippen LogP contribution in [-0.2, 0) is 11.3 Å². The zero-order chi connectivity index (χ0) is 13.9. The first-order valence-electron chi connectivity index (χ1n) is 6.88. The number of benzene rings is 1. The fraction of sp³-hybridized carbons (Fsp3) is 0.533. The highest BCUT2D eigenvalue weighted by molar-refractivity contribution is 5.77. The Morgan fingerprint density at radius 3 is 2.68 bits per heavy atom. The van der Waals surface area contributed by atoms with Crippen molar-refractivity contribution in [1.82, 2.24) is 10.6 Å². The highest BCUT2D eigenvalue weighted by Gasteiger charge is 2.06. The van der Waals surface area contributed by atoms with Gasteiger partial charge in [-0.15, -0.1) is 0 Å². The van der Waals surface area contributed by atoms with Gasteiger partial charge < -0.3 is 15.7 Å². The van der Waals surface area contributed by atoms with E-state index in [2.05, 4.69) is 17.6 Å². The Morgan fingerprint density at radius 1 is 1.32 bits per heavy atom. The van der Waals surface area contributed by atoms with Crippen LogP contribution >= 0.6 is 0 Å². The van der Waals surface area contributed by atoms with E-state index in [1.165, 1.54) is 0 Å². The third kappa shape index (κ3) is 6.94. The summed E-state index contributed by atoms with van der Waals surface area (Å²) in [7, 11) is 0. The van der Waals surface area contributed by atoms with Crippen molar-refractivity contribution in [2.45, 2.75) is 26.3 Å². The van der Waals surface area contributed by atoms with E-state index < -0.39 is 0 Å². The largest absolute Gasteiger partial charge is 0.396 e. The first-order chi connectivity index (χ1) is 9.26. The van der Waals surface area contributed by atoms with Gasteiger partial charge in [0.2, 0.25) is 5.91 Å². The van der Waals surface area contributed by atoms with Crippen LogP contribution in [0.25, 0.3) is 0 Å². The quantitative estimate of drug-likeness (QED) is 0.630. The fourth-order valence-electron chi connectivity index (χ4n) is 1.88. The standard InChI is InChI=1S/C15H24N2O2/c1-2-13(8-9-18)10-16-12-15(19)17-11-14-6-4-3-5-7-14/h3-7,13,16,18H,2,8-12H2,1H3,(H,17,19). The molecular weight excluding hydrogens is 240 g/mol. The number of amides is 1. The minimum Gasteiger partial charge on any atom is -0.396 e. The van der Waals surface area contributed by atoms with Gasteiger partial charge in [-0.05, 0) is 24.4 Å². The molecule has 1 rings (SSSR count). The van der Waals surface area contributed by atoms with Gasteiger partial charge in [-0.25, -0.2) is 0 Å². The Morgan fingerprint density at radius 2 is 2.05 bits per heavy atom. The summed E-state index contributed by atoms with van der Waals surface area (Å²) in [5, 5.41) is 14.9. The third-order valence-electron chi connectivity index (χ3n) is 3.17. The van der Waals surface area contributed by atoms with Crippen molar-refractivity contribution in [2.75, 3.05) is 19.7 Å². The van der Waals surface area contributed by atoms with Crippen molar-refractivity contribution < 1.29 is 9.90 Å². The van der Waals surface area contributed by atoms with Crippen molar-refractivity contribution in [1.29, 1.82) is 0 Å². The van der Waals surface area contributed by atoms with Crippen molar-refractivity contribution in [3.05, 3.63) is 35.9 Å². The number of hydrogen-bond acceptors (Lipinski definition) is 3. The fourth-order valence-corrected chi connectivity index (χ4v) is 1.88. The van der Waals surface area contributed by atoms with E-state index in [0.29, 0.717) is 19.0 Å². The van der Waals surface area contributed by atoms with Crippen LogP contribution in [0.15, 0.2) is 30.3 Å². The Bertz CT molecular complexity index is 354. The molecule has 0 bridgehead atoms. The van der Waals surface area contributed by atoms with Crippen molar-refractivity contribution in [2.24, 2.45) is 5.92 Å². The molecule has 0 aliphatic rings. The SMILES string of the molecule is CCC(CCO)CNCC(=O)NCc1ccccc1. The molecule has 4 nitrogen and oxygen atoms in total. The topological polar surface area (TPSA) is 61.4 Å². The molecule has 1 unspecified atom stereocenters. The molecule has 106 valence electrons. The molecule has 0 aliphatic carbocycles. The van der Waals surface area contributed by atoms with Gasteiger partial charge in [-0.2, -0.15) is 0 Å². The molecule has 0 heterocycles. The number of carbonyl (C=O) groups is 1. The summed E-state index contributed by atoms with van der Waals surface area (Å²) in [5.41, 5.74) is 1.10. The van der Waals surface area contributed by atoms with Gasteiger partial charge in [0.1, 0.15) is 0 Å². The van der Waals surface area contributed by atoms with Crippen LogP contribution in [0, 0.1) is 5.92 Å². The molecule has 3 N–H and O–H groups in total. The smallest absolute Gasteiger partial charge is 0.234 e. The first kappa shape index (κ1) is 15.7. The number of nitrogens with one attached hydrogen (secondary N) is 2. The zero-order valence-corrected chi connectivity index (χ0v) is 11.6. The minimum atomic E-state index is 0.00250. The second-order valence-electron chi connectivity index (χ2n) is 4.68. The predicted molar refractivity (Wildman–Crippen MR) is 76.6 cm³/mol. The first-order valence-corrected chi connectivity index (χ1v) is 6.88. The van der Waals surface area contributed by atoms with Gasteiger partial charge in [0.05, 0.1) is 6.54 Å². The third-order valence-corrected chi connectivity index (χ3v) is 3.17. The summed E-state index contributed by atoms with van der Waals surface area (Å²) in [6, 6.07) is 9.85. The van der Waals surface area contributed by atoms with Crippen LogP contribution in [-0.4, -0.2) is 30.7 Å². The molecule has 0 saturated heterocycles. The number of hydrogen-bond donors (Lipinski definition) is 3. The summed E-state index contributed by atoms with van der Waals surface area (Å²) in [4.78, 5) is 11.6. The molecule has 0 fully saturated rings. The lowest BCUT2D eigenvalue weighted by molar-refractivity contribution is -0.120. The lowest BCUT2D eigenvalue weighted by Crippen LogP contribution is -2.35. The van der Waals surface area contributed by atoms with Crippen LogP contribution in [0.4, 0.5) is 0 Å². The summed E-state index contributed by atoms with van der Waals surface area (Å²) in [6.45, 7) is 3.97. The normalized spacial score (nSPS) is 12.1. The number of aliphatic hydroxyl groups is 1. The maximum absolute atomic E-state index is 11.6. The highest BCUT2D eigenvalue weighted by Crippen LogP contribution is 2.05. The predicted octanol–water partition coefficient (Wildman–Crippen LogP) is 1.30. The van der Waals surface area contributed by atoms with Gasteiger partial charge in [0.25, 0.3) is 0 Å². The molecular formula is C15H24N2O2. The van der Waals surface area contributed by atoms with Gasteiger partial charge in [0.15, 0.2) is 0 Å². The number of rotatable bonds is 9. The second-order valence-corrected chi connectivity index (χ2v) is 4.68. The monoisotopic (exact) mass is 264 g/mol. The maximum atomic E-state index is 11.6. The Kier molecular flexibility index (Phi) is 7.86. The van der Waals surface area contributed by atoms with Crippen molar-refractivity contribution >= 4 is 5.91 Å². The molecule has 1 aromatic carbocycles. The average molecular weight is 264 g/mol. The van der Waals surface area contributed by atoms with E-state index in [4.69, 9.17) is 5.11 Å². The molecule has 19 heavy (non-hydrogen) atoms. The molecule has 0 radical (unpaired) electrons. The summed E-state index contributed by atoms with van der Waals surface area (Å²) in [6.07, 6.45) is 1.80. The van der Waals surface area contributed by atoms with E-state index in [-0.39, 0.29) is 12.5 Å². The lowest BCUT2D eigenvalue weighted by atomic mass is 10.0. The van der Waals surface area contributed by atoms with E-state index in [9.17, 15) is 4.79 Å². The van der Waals surface area contributed by atoms with E-state index in [0.717, 1.165) is 24.9 Å². The van der Waals surface area contributed by atoms with Crippen molar-refractivity contribution in [3.8, 4) is 0 Å². The van der Waals surface area contributed by atoms with Crippen LogP contribution in [0.2, 0.25) is 0 Å². The Hall–Kier alpha value is -1.39. The van der Waals surface area contributed by atoms with Crippen LogP contribution in [0.1, 0.15) is 25.3 Å². The average Bonchev–Trinajstić information content (AvgIpc) is 2.45. The van der Waals surface area contributed by atoms with E-state index in [1.807, 2.05) is 30.3 Å². The van der Waals surface area contributed by atoms with Crippen LogP contribution in [0.5, 0.6) is 0 Å². The molecule has 1 amide bonds.